The molecule has 0 radical (unpaired) electrons. The Morgan fingerprint density at radius 1 is 1.44 bits per heavy atom. The van der Waals surface area contributed by atoms with E-state index in [9.17, 15) is 0 Å². The maximum absolute atomic E-state index is 5.55. The van der Waals surface area contributed by atoms with E-state index in [1.165, 1.54) is 11.3 Å². The molecule has 92 valence electrons. The van der Waals surface area contributed by atoms with Crippen LogP contribution in [-0.4, -0.2) is 34.8 Å². The summed E-state index contributed by atoms with van der Waals surface area (Å²) in [6, 6.07) is 0. The molecule has 1 heterocycles. The van der Waals surface area contributed by atoms with Crippen LogP contribution in [0.2, 0.25) is 0 Å². The molecular weight excluding hydrogens is 200 g/mol. The summed E-state index contributed by atoms with van der Waals surface area (Å²) < 4.78 is 1.90. The lowest BCUT2D eigenvalue weighted by atomic mass is 9.89. The van der Waals surface area contributed by atoms with Gasteiger partial charge in [0.05, 0.1) is 5.69 Å². The van der Waals surface area contributed by atoms with Crippen LogP contribution in [0, 0.1) is 0 Å². The summed E-state index contributed by atoms with van der Waals surface area (Å²) in [6.07, 6.45) is 2.10. The van der Waals surface area contributed by atoms with Crippen molar-refractivity contribution in [3.63, 3.8) is 0 Å². The number of nitrogens with zero attached hydrogens (tertiary/aromatic N) is 3. The summed E-state index contributed by atoms with van der Waals surface area (Å²) in [5, 5.41) is 4.55. The van der Waals surface area contributed by atoms with Crippen LogP contribution in [0.25, 0.3) is 0 Å². The highest BCUT2D eigenvalue weighted by Gasteiger charge is 2.22. The Morgan fingerprint density at radius 3 is 2.56 bits per heavy atom. The molecule has 0 aliphatic heterocycles. The first-order chi connectivity index (χ1) is 7.34. The van der Waals surface area contributed by atoms with E-state index in [4.69, 9.17) is 5.73 Å². The molecule has 1 aromatic heterocycles. The second-order valence-electron chi connectivity index (χ2n) is 5.45. The lowest BCUT2D eigenvalue weighted by Gasteiger charge is -2.20. The van der Waals surface area contributed by atoms with E-state index in [2.05, 4.69) is 44.0 Å². The molecular formula is C12H24N4. The Bertz CT molecular complexity index is 335. The fourth-order valence-corrected chi connectivity index (χ4v) is 1.88. The minimum Gasteiger partial charge on any atom is -0.329 e. The second kappa shape index (κ2) is 4.97. The van der Waals surface area contributed by atoms with Gasteiger partial charge < -0.3 is 10.6 Å². The van der Waals surface area contributed by atoms with Crippen LogP contribution in [0.15, 0.2) is 6.20 Å². The molecule has 0 spiro atoms. The molecule has 2 N–H and O–H groups in total. The van der Waals surface area contributed by atoms with Gasteiger partial charge >= 0.3 is 0 Å². The first-order valence-electron chi connectivity index (χ1n) is 5.76. The zero-order valence-corrected chi connectivity index (χ0v) is 11.1. The fraction of sp³-hybridized carbons (Fsp3) is 0.750. The highest BCUT2D eigenvalue weighted by molar-refractivity contribution is 5.23. The third-order valence-corrected chi connectivity index (χ3v) is 2.57. The molecule has 0 bridgehead atoms. The molecule has 0 atom stereocenters. The summed E-state index contributed by atoms with van der Waals surface area (Å²) in [6.45, 7) is 9.11. The number of nitrogens with two attached hydrogens (primary N) is 1. The van der Waals surface area contributed by atoms with Crippen molar-refractivity contribution in [2.75, 3.05) is 20.1 Å². The van der Waals surface area contributed by atoms with E-state index >= 15 is 0 Å². The minimum atomic E-state index is 0.0974. The zero-order chi connectivity index (χ0) is 12.3. The number of hydrogen-bond acceptors (Lipinski definition) is 3. The predicted octanol–water partition coefficient (Wildman–Crippen LogP) is 1.11. The van der Waals surface area contributed by atoms with Crippen molar-refractivity contribution in [3.05, 3.63) is 17.5 Å². The van der Waals surface area contributed by atoms with E-state index in [1.807, 2.05) is 11.7 Å². The third kappa shape index (κ3) is 3.32. The van der Waals surface area contributed by atoms with Gasteiger partial charge in [-0.1, -0.05) is 20.8 Å². The van der Waals surface area contributed by atoms with Crippen LogP contribution < -0.4 is 5.73 Å². The quantitative estimate of drug-likeness (QED) is 0.833. The Hall–Kier alpha value is -0.870. The van der Waals surface area contributed by atoms with E-state index in [0.717, 1.165) is 13.1 Å². The number of rotatable bonds is 4. The monoisotopic (exact) mass is 224 g/mol. The van der Waals surface area contributed by atoms with E-state index < -0.39 is 0 Å². The van der Waals surface area contributed by atoms with Crippen LogP contribution in [0.1, 0.15) is 32.0 Å². The summed E-state index contributed by atoms with van der Waals surface area (Å²) in [5.41, 5.74) is 8.12. The SMILES string of the molecule is CN(CCN)Cc1cn(C)nc1C(C)(C)C. The first kappa shape index (κ1) is 13.2. The molecule has 0 unspecified atom stereocenters. The Morgan fingerprint density at radius 2 is 2.06 bits per heavy atom. The van der Waals surface area contributed by atoms with Crippen molar-refractivity contribution in [1.29, 1.82) is 0 Å². The van der Waals surface area contributed by atoms with E-state index in [-0.39, 0.29) is 5.41 Å². The first-order valence-corrected chi connectivity index (χ1v) is 5.76. The maximum Gasteiger partial charge on any atom is 0.0722 e. The van der Waals surface area contributed by atoms with Gasteiger partial charge in [-0.05, 0) is 7.05 Å². The van der Waals surface area contributed by atoms with Crippen LogP contribution >= 0.6 is 0 Å². The topological polar surface area (TPSA) is 47.1 Å². The van der Waals surface area contributed by atoms with Crippen molar-refractivity contribution in [1.82, 2.24) is 14.7 Å². The van der Waals surface area contributed by atoms with Crippen molar-refractivity contribution in [2.24, 2.45) is 12.8 Å². The molecule has 4 heteroatoms. The van der Waals surface area contributed by atoms with Crippen LogP contribution in [0.4, 0.5) is 0 Å². The van der Waals surface area contributed by atoms with Crippen molar-refractivity contribution >= 4 is 0 Å². The minimum absolute atomic E-state index is 0.0974. The summed E-state index contributed by atoms with van der Waals surface area (Å²) in [5.74, 6) is 0. The molecule has 0 aliphatic carbocycles. The molecule has 0 saturated carbocycles. The lowest BCUT2D eigenvalue weighted by Crippen LogP contribution is -2.26. The average molecular weight is 224 g/mol. The largest absolute Gasteiger partial charge is 0.329 e. The van der Waals surface area contributed by atoms with Gasteiger partial charge in [0.25, 0.3) is 0 Å². The number of hydrogen-bond donors (Lipinski definition) is 1. The van der Waals surface area contributed by atoms with Gasteiger partial charge in [-0.3, -0.25) is 4.68 Å². The van der Waals surface area contributed by atoms with Gasteiger partial charge in [-0.2, -0.15) is 5.10 Å². The van der Waals surface area contributed by atoms with Gasteiger partial charge in [-0.25, -0.2) is 0 Å². The number of aryl methyl sites for hydroxylation is 1. The standard InChI is InChI=1S/C12H24N4/c1-12(2,3)11-10(9-16(5)14-11)8-15(4)7-6-13/h9H,6-8,13H2,1-5H3. The van der Waals surface area contributed by atoms with Gasteiger partial charge in [0.15, 0.2) is 0 Å². The maximum atomic E-state index is 5.55. The van der Waals surface area contributed by atoms with Crippen molar-refractivity contribution < 1.29 is 0 Å². The van der Waals surface area contributed by atoms with E-state index in [1.54, 1.807) is 0 Å². The highest BCUT2D eigenvalue weighted by atomic mass is 15.3. The van der Waals surface area contributed by atoms with Crippen LogP contribution in [0.5, 0.6) is 0 Å². The molecule has 1 aromatic rings. The number of aromatic nitrogens is 2. The Kier molecular flexibility index (Phi) is 4.10. The van der Waals surface area contributed by atoms with Crippen LogP contribution in [0.3, 0.4) is 0 Å². The summed E-state index contributed by atoms with van der Waals surface area (Å²) in [7, 11) is 4.06. The lowest BCUT2D eigenvalue weighted by molar-refractivity contribution is 0.333. The molecule has 16 heavy (non-hydrogen) atoms. The Balaban J connectivity index is 2.87. The fourth-order valence-electron chi connectivity index (χ4n) is 1.88. The molecule has 0 fully saturated rings. The van der Waals surface area contributed by atoms with Crippen LogP contribution in [-0.2, 0) is 19.0 Å². The molecule has 1 rings (SSSR count). The van der Waals surface area contributed by atoms with Crippen molar-refractivity contribution in [3.8, 4) is 0 Å². The Labute approximate surface area is 98.4 Å². The predicted molar refractivity (Wildman–Crippen MR) is 67.3 cm³/mol. The summed E-state index contributed by atoms with van der Waals surface area (Å²) in [4.78, 5) is 2.23. The molecule has 0 amide bonds. The van der Waals surface area contributed by atoms with Gasteiger partial charge in [0.2, 0.25) is 0 Å². The van der Waals surface area contributed by atoms with E-state index in [0.29, 0.717) is 6.54 Å². The van der Waals surface area contributed by atoms with Gasteiger partial charge in [0, 0.05) is 43.9 Å². The van der Waals surface area contributed by atoms with Crippen molar-refractivity contribution in [2.45, 2.75) is 32.7 Å². The zero-order valence-electron chi connectivity index (χ0n) is 11.1. The average Bonchev–Trinajstić information content (AvgIpc) is 2.46. The summed E-state index contributed by atoms with van der Waals surface area (Å²) >= 11 is 0. The number of likely N-dealkylation sites (N-methyl/N-ethyl adjacent to an activating group) is 1. The van der Waals surface area contributed by atoms with Gasteiger partial charge in [0.1, 0.15) is 0 Å². The van der Waals surface area contributed by atoms with Gasteiger partial charge in [-0.15, -0.1) is 0 Å². The highest BCUT2D eigenvalue weighted by Crippen LogP contribution is 2.24. The molecule has 4 nitrogen and oxygen atoms in total. The second-order valence-corrected chi connectivity index (χ2v) is 5.45. The molecule has 0 saturated heterocycles. The molecule has 0 aromatic carbocycles. The third-order valence-electron chi connectivity index (χ3n) is 2.57. The molecule has 0 aliphatic rings. The smallest absolute Gasteiger partial charge is 0.0722 e. The normalized spacial score (nSPS) is 12.4.